The number of carbonyl (C=O) groups is 1. The standard InChI is InChI=1S/C6H13NO3/c1-6(9,3-4-7)5(8)10-2/h9H,3-4,7H2,1-2H3. The molecular formula is C6H13NO3. The SMILES string of the molecule is COC(=O)C(C)(O)CCN. The summed E-state index contributed by atoms with van der Waals surface area (Å²) in [4.78, 5) is 10.7. The summed E-state index contributed by atoms with van der Waals surface area (Å²) >= 11 is 0. The van der Waals surface area contributed by atoms with E-state index in [9.17, 15) is 9.90 Å². The van der Waals surface area contributed by atoms with Crippen molar-refractivity contribution in [2.24, 2.45) is 5.73 Å². The first-order valence-electron chi connectivity index (χ1n) is 3.05. The molecule has 0 heterocycles. The van der Waals surface area contributed by atoms with Crippen LogP contribution < -0.4 is 5.73 Å². The predicted octanol–water partition coefficient (Wildman–Crippen LogP) is -0.741. The largest absolute Gasteiger partial charge is 0.467 e. The van der Waals surface area contributed by atoms with Crippen LogP contribution in [0, 0.1) is 0 Å². The molecule has 4 nitrogen and oxygen atoms in total. The fraction of sp³-hybridized carbons (Fsp3) is 0.833. The Balaban J connectivity index is 3.96. The van der Waals surface area contributed by atoms with E-state index in [1.54, 1.807) is 0 Å². The molecule has 1 unspecified atom stereocenters. The van der Waals surface area contributed by atoms with Crippen LogP contribution in [-0.4, -0.2) is 30.3 Å². The van der Waals surface area contributed by atoms with Gasteiger partial charge in [0.15, 0.2) is 5.60 Å². The number of aliphatic hydroxyl groups is 1. The third kappa shape index (κ3) is 2.33. The summed E-state index contributed by atoms with van der Waals surface area (Å²) in [6, 6.07) is 0. The molecule has 0 saturated carbocycles. The molecule has 10 heavy (non-hydrogen) atoms. The van der Waals surface area contributed by atoms with Gasteiger partial charge in [0.1, 0.15) is 0 Å². The van der Waals surface area contributed by atoms with Gasteiger partial charge in [-0.05, 0) is 19.9 Å². The van der Waals surface area contributed by atoms with Crippen LogP contribution in [0.3, 0.4) is 0 Å². The topological polar surface area (TPSA) is 72.5 Å². The average Bonchev–Trinajstić information content (AvgIpc) is 1.86. The third-order valence-corrected chi connectivity index (χ3v) is 1.26. The Morgan fingerprint density at radius 2 is 2.30 bits per heavy atom. The lowest BCUT2D eigenvalue weighted by Gasteiger charge is -2.18. The molecule has 0 radical (unpaired) electrons. The van der Waals surface area contributed by atoms with Crippen LogP contribution in [0.5, 0.6) is 0 Å². The summed E-state index contributed by atoms with van der Waals surface area (Å²) in [5, 5.41) is 9.23. The Bertz CT molecular complexity index is 122. The molecule has 0 amide bonds. The van der Waals surface area contributed by atoms with Crippen LogP contribution in [-0.2, 0) is 9.53 Å². The second-order valence-corrected chi connectivity index (χ2v) is 2.30. The first-order chi connectivity index (χ1) is 4.54. The molecule has 0 aliphatic heterocycles. The number of ether oxygens (including phenoxy) is 1. The number of hydrogen-bond donors (Lipinski definition) is 2. The lowest BCUT2D eigenvalue weighted by atomic mass is 10.0. The Labute approximate surface area is 60.0 Å². The molecule has 0 saturated heterocycles. The maximum atomic E-state index is 10.7. The van der Waals surface area contributed by atoms with E-state index in [-0.39, 0.29) is 13.0 Å². The zero-order valence-electron chi connectivity index (χ0n) is 6.26. The molecule has 4 heteroatoms. The highest BCUT2D eigenvalue weighted by Gasteiger charge is 2.29. The summed E-state index contributed by atoms with van der Waals surface area (Å²) in [6.45, 7) is 1.65. The summed E-state index contributed by atoms with van der Waals surface area (Å²) in [5.41, 5.74) is 3.71. The maximum absolute atomic E-state index is 10.7. The lowest BCUT2D eigenvalue weighted by molar-refractivity contribution is -0.160. The van der Waals surface area contributed by atoms with Gasteiger partial charge in [-0.15, -0.1) is 0 Å². The monoisotopic (exact) mass is 147 g/mol. The average molecular weight is 147 g/mol. The first kappa shape index (κ1) is 9.39. The van der Waals surface area contributed by atoms with Crippen molar-refractivity contribution in [1.82, 2.24) is 0 Å². The van der Waals surface area contributed by atoms with E-state index >= 15 is 0 Å². The van der Waals surface area contributed by atoms with Crippen molar-refractivity contribution in [2.45, 2.75) is 18.9 Å². The quantitative estimate of drug-likeness (QED) is 0.516. The van der Waals surface area contributed by atoms with Gasteiger partial charge < -0.3 is 15.6 Å². The molecule has 1 atom stereocenters. The van der Waals surface area contributed by atoms with Crippen molar-refractivity contribution >= 4 is 5.97 Å². The summed E-state index contributed by atoms with van der Waals surface area (Å²) in [5.74, 6) is -0.641. The van der Waals surface area contributed by atoms with Crippen molar-refractivity contribution in [3.8, 4) is 0 Å². The van der Waals surface area contributed by atoms with Crippen molar-refractivity contribution in [3.05, 3.63) is 0 Å². The normalized spacial score (nSPS) is 16.0. The van der Waals surface area contributed by atoms with Gasteiger partial charge in [-0.1, -0.05) is 0 Å². The van der Waals surface area contributed by atoms with Crippen LogP contribution in [0.2, 0.25) is 0 Å². The van der Waals surface area contributed by atoms with Gasteiger partial charge >= 0.3 is 5.97 Å². The highest BCUT2D eigenvalue weighted by atomic mass is 16.5. The van der Waals surface area contributed by atoms with Crippen LogP contribution in [0.15, 0.2) is 0 Å². The number of rotatable bonds is 3. The number of esters is 1. The van der Waals surface area contributed by atoms with Gasteiger partial charge in [-0.25, -0.2) is 4.79 Å². The van der Waals surface area contributed by atoms with E-state index in [0.717, 1.165) is 0 Å². The molecule has 0 aliphatic carbocycles. The third-order valence-electron chi connectivity index (χ3n) is 1.26. The predicted molar refractivity (Wildman–Crippen MR) is 36.3 cm³/mol. The Hall–Kier alpha value is -0.610. The van der Waals surface area contributed by atoms with Gasteiger partial charge in [0.05, 0.1) is 7.11 Å². The number of carbonyl (C=O) groups excluding carboxylic acids is 1. The van der Waals surface area contributed by atoms with E-state index in [4.69, 9.17) is 5.73 Å². The summed E-state index contributed by atoms with van der Waals surface area (Å²) < 4.78 is 4.32. The highest BCUT2D eigenvalue weighted by molar-refractivity contribution is 5.78. The summed E-state index contributed by atoms with van der Waals surface area (Å²) in [6.07, 6.45) is 0.222. The van der Waals surface area contributed by atoms with Gasteiger partial charge in [0.2, 0.25) is 0 Å². The minimum atomic E-state index is -1.43. The van der Waals surface area contributed by atoms with Crippen LogP contribution in [0.1, 0.15) is 13.3 Å². The fourth-order valence-electron chi connectivity index (χ4n) is 0.603. The van der Waals surface area contributed by atoms with Gasteiger partial charge in [-0.3, -0.25) is 0 Å². The molecule has 0 fully saturated rings. The molecule has 0 bridgehead atoms. The van der Waals surface area contributed by atoms with Gasteiger partial charge in [-0.2, -0.15) is 0 Å². The van der Waals surface area contributed by atoms with Crippen LogP contribution >= 0.6 is 0 Å². The van der Waals surface area contributed by atoms with E-state index in [0.29, 0.717) is 0 Å². The molecule has 0 aromatic rings. The van der Waals surface area contributed by atoms with E-state index in [1.807, 2.05) is 0 Å². The van der Waals surface area contributed by atoms with E-state index in [2.05, 4.69) is 4.74 Å². The van der Waals surface area contributed by atoms with E-state index in [1.165, 1.54) is 14.0 Å². The summed E-state index contributed by atoms with van der Waals surface area (Å²) in [7, 11) is 1.23. The van der Waals surface area contributed by atoms with Gasteiger partial charge in [0, 0.05) is 0 Å². The van der Waals surface area contributed by atoms with Crippen molar-refractivity contribution < 1.29 is 14.6 Å². The van der Waals surface area contributed by atoms with Crippen LogP contribution in [0.4, 0.5) is 0 Å². The maximum Gasteiger partial charge on any atom is 0.337 e. The molecule has 60 valence electrons. The van der Waals surface area contributed by atoms with Crippen molar-refractivity contribution in [1.29, 1.82) is 0 Å². The Morgan fingerprint density at radius 3 is 2.60 bits per heavy atom. The Morgan fingerprint density at radius 1 is 1.80 bits per heavy atom. The van der Waals surface area contributed by atoms with Crippen molar-refractivity contribution in [2.75, 3.05) is 13.7 Å². The molecule has 3 N–H and O–H groups in total. The lowest BCUT2D eigenvalue weighted by Crippen LogP contribution is -2.38. The first-order valence-corrected chi connectivity index (χ1v) is 3.05. The van der Waals surface area contributed by atoms with Crippen molar-refractivity contribution in [3.63, 3.8) is 0 Å². The van der Waals surface area contributed by atoms with Gasteiger partial charge in [0.25, 0.3) is 0 Å². The number of nitrogens with two attached hydrogens (primary N) is 1. The van der Waals surface area contributed by atoms with Crippen LogP contribution in [0.25, 0.3) is 0 Å². The Kier molecular flexibility index (Phi) is 3.32. The second kappa shape index (κ2) is 3.53. The molecule has 0 rings (SSSR count). The minimum Gasteiger partial charge on any atom is -0.467 e. The molecule has 0 aromatic carbocycles. The molecule has 0 aliphatic rings. The molecule has 0 spiro atoms. The zero-order chi connectivity index (χ0) is 8.20. The number of hydrogen-bond acceptors (Lipinski definition) is 4. The molecule has 0 aromatic heterocycles. The fourth-order valence-corrected chi connectivity index (χ4v) is 0.603. The molecular weight excluding hydrogens is 134 g/mol. The second-order valence-electron chi connectivity index (χ2n) is 2.30. The van der Waals surface area contributed by atoms with E-state index < -0.39 is 11.6 Å². The minimum absolute atomic E-state index is 0.222. The number of methoxy groups -OCH3 is 1. The zero-order valence-corrected chi connectivity index (χ0v) is 6.26. The smallest absolute Gasteiger partial charge is 0.337 e. The highest BCUT2D eigenvalue weighted by Crippen LogP contribution is 2.08.